The van der Waals surface area contributed by atoms with Crippen LogP contribution < -0.4 is 5.32 Å². The molecule has 0 heterocycles. The molecule has 1 rings (SSSR count). The van der Waals surface area contributed by atoms with Crippen molar-refractivity contribution in [2.45, 2.75) is 20.3 Å². The monoisotopic (exact) mass is 261 g/mol. The molecule has 2 N–H and O–H groups in total. The number of carbonyl (C=O) groups is 1. The van der Waals surface area contributed by atoms with Gasteiger partial charge in [-0.1, -0.05) is 37.0 Å². The van der Waals surface area contributed by atoms with Gasteiger partial charge in [0.1, 0.15) is 5.75 Å². The zero-order valence-corrected chi connectivity index (χ0v) is 10.6. The molecule has 1 unspecified atom stereocenters. The number of hydrogen-bond acceptors (Lipinski definition) is 2. The number of carbonyl (C=O) groups excluding carboxylic acids is 1. The van der Waals surface area contributed by atoms with Crippen LogP contribution in [0.25, 0.3) is 0 Å². The van der Waals surface area contributed by atoms with E-state index in [1.807, 2.05) is 13.8 Å². The molecule has 0 radical (unpaired) electrons. The fourth-order valence-electron chi connectivity index (χ4n) is 1.07. The van der Waals surface area contributed by atoms with Crippen LogP contribution in [0, 0.1) is 5.92 Å². The molecule has 1 aromatic rings. The van der Waals surface area contributed by atoms with Gasteiger partial charge in [0.05, 0.1) is 15.7 Å². The molecule has 88 valence electrons. The Morgan fingerprint density at radius 1 is 1.44 bits per heavy atom. The van der Waals surface area contributed by atoms with Crippen LogP contribution in [-0.2, 0) is 4.79 Å². The zero-order chi connectivity index (χ0) is 12.3. The molecule has 0 aliphatic carbocycles. The SMILES string of the molecule is CCC(C)C(=O)Nc1cc(Cl)c(O)cc1Cl. The summed E-state index contributed by atoms with van der Waals surface area (Å²) < 4.78 is 0. The van der Waals surface area contributed by atoms with Crippen LogP contribution in [0.5, 0.6) is 5.75 Å². The Morgan fingerprint density at radius 3 is 2.62 bits per heavy atom. The molecule has 1 aromatic carbocycles. The second-order valence-electron chi connectivity index (χ2n) is 3.58. The first kappa shape index (κ1) is 13.1. The van der Waals surface area contributed by atoms with Crippen molar-refractivity contribution in [3.8, 4) is 5.75 Å². The van der Waals surface area contributed by atoms with E-state index in [9.17, 15) is 9.90 Å². The number of phenolic OH excluding ortho intramolecular Hbond substituents is 1. The van der Waals surface area contributed by atoms with Crippen LogP contribution in [0.2, 0.25) is 10.0 Å². The van der Waals surface area contributed by atoms with E-state index in [-0.39, 0.29) is 27.6 Å². The van der Waals surface area contributed by atoms with Crippen LogP contribution in [0.1, 0.15) is 20.3 Å². The average molecular weight is 262 g/mol. The van der Waals surface area contributed by atoms with E-state index < -0.39 is 0 Å². The first-order valence-electron chi connectivity index (χ1n) is 4.94. The van der Waals surface area contributed by atoms with Crippen molar-refractivity contribution >= 4 is 34.8 Å². The summed E-state index contributed by atoms with van der Waals surface area (Å²) in [7, 11) is 0. The van der Waals surface area contributed by atoms with Crippen molar-refractivity contribution in [3.63, 3.8) is 0 Å². The number of aromatic hydroxyl groups is 1. The lowest BCUT2D eigenvalue weighted by molar-refractivity contribution is -0.119. The van der Waals surface area contributed by atoms with Crippen LogP contribution in [-0.4, -0.2) is 11.0 Å². The smallest absolute Gasteiger partial charge is 0.227 e. The average Bonchev–Trinajstić information content (AvgIpc) is 2.24. The summed E-state index contributed by atoms with van der Waals surface area (Å²) in [5.74, 6) is -0.317. The minimum Gasteiger partial charge on any atom is -0.506 e. The maximum atomic E-state index is 11.6. The number of amides is 1. The fourth-order valence-corrected chi connectivity index (χ4v) is 1.44. The second-order valence-corrected chi connectivity index (χ2v) is 4.40. The number of rotatable bonds is 3. The Kier molecular flexibility index (Phi) is 4.44. The summed E-state index contributed by atoms with van der Waals surface area (Å²) in [4.78, 5) is 11.6. The highest BCUT2D eigenvalue weighted by atomic mass is 35.5. The van der Waals surface area contributed by atoms with E-state index in [2.05, 4.69) is 5.32 Å². The van der Waals surface area contributed by atoms with Crippen molar-refractivity contribution in [2.75, 3.05) is 5.32 Å². The highest BCUT2D eigenvalue weighted by Crippen LogP contribution is 2.33. The Balaban J connectivity index is 2.90. The van der Waals surface area contributed by atoms with Crippen LogP contribution >= 0.6 is 23.2 Å². The van der Waals surface area contributed by atoms with Crippen LogP contribution in [0.3, 0.4) is 0 Å². The molecular weight excluding hydrogens is 249 g/mol. The van der Waals surface area contributed by atoms with Gasteiger partial charge in [0.25, 0.3) is 0 Å². The van der Waals surface area contributed by atoms with E-state index in [4.69, 9.17) is 23.2 Å². The van der Waals surface area contributed by atoms with Gasteiger partial charge in [0, 0.05) is 12.0 Å². The summed E-state index contributed by atoms with van der Waals surface area (Å²) in [5.41, 5.74) is 0.412. The number of anilines is 1. The Labute approximate surface area is 104 Å². The van der Waals surface area contributed by atoms with E-state index >= 15 is 0 Å². The van der Waals surface area contributed by atoms with Gasteiger partial charge in [-0.15, -0.1) is 0 Å². The Morgan fingerprint density at radius 2 is 2.06 bits per heavy atom. The molecule has 0 saturated carbocycles. The summed E-state index contributed by atoms with van der Waals surface area (Å²) in [6.07, 6.45) is 0.745. The number of phenols is 1. The Hall–Kier alpha value is -0.930. The van der Waals surface area contributed by atoms with Crippen molar-refractivity contribution in [3.05, 3.63) is 22.2 Å². The third-order valence-electron chi connectivity index (χ3n) is 2.35. The molecule has 0 fully saturated rings. The predicted molar refractivity (Wildman–Crippen MR) is 66.2 cm³/mol. The number of benzene rings is 1. The highest BCUT2D eigenvalue weighted by molar-refractivity contribution is 6.36. The molecule has 0 spiro atoms. The van der Waals surface area contributed by atoms with E-state index in [1.165, 1.54) is 12.1 Å². The van der Waals surface area contributed by atoms with Gasteiger partial charge < -0.3 is 10.4 Å². The fraction of sp³-hybridized carbons (Fsp3) is 0.364. The molecule has 0 aliphatic heterocycles. The lowest BCUT2D eigenvalue weighted by Crippen LogP contribution is -2.19. The largest absolute Gasteiger partial charge is 0.506 e. The zero-order valence-electron chi connectivity index (χ0n) is 9.05. The van der Waals surface area contributed by atoms with Gasteiger partial charge in [-0.3, -0.25) is 4.79 Å². The van der Waals surface area contributed by atoms with Gasteiger partial charge in [-0.2, -0.15) is 0 Å². The number of hydrogen-bond donors (Lipinski definition) is 2. The van der Waals surface area contributed by atoms with Crippen molar-refractivity contribution in [1.82, 2.24) is 0 Å². The second kappa shape index (κ2) is 5.41. The van der Waals surface area contributed by atoms with Gasteiger partial charge in [-0.25, -0.2) is 0 Å². The number of nitrogens with one attached hydrogen (secondary N) is 1. The molecule has 0 saturated heterocycles. The lowest BCUT2D eigenvalue weighted by Gasteiger charge is -2.12. The molecule has 3 nitrogen and oxygen atoms in total. The normalized spacial score (nSPS) is 12.2. The van der Waals surface area contributed by atoms with Crippen molar-refractivity contribution in [2.24, 2.45) is 5.92 Å². The first-order valence-corrected chi connectivity index (χ1v) is 5.70. The third kappa shape index (κ3) is 3.03. The highest BCUT2D eigenvalue weighted by Gasteiger charge is 2.13. The molecule has 0 aromatic heterocycles. The van der Waals surface area contributed by atoms with Crippen molar-refractivity contribution < 1.29 is 9.90 Å². The van der Waals surface area contributed by atoms with Crippen molar-refractivity contribution in [1.29, 1.82) is 0 Å². The van der Waals surface area contributed by atoms with E-state index in [0.29, 0.717) is 5.69 Å². The maximum absolute atomic E-state index is 11.6. The molecule has 0 aliphatic rings. The lowest BCUT2D eigenvalue weighted by atomic mass is 10.1. The molecular formula is C11H13Cl2NO2. The molecule has 1 amide bonds. The molecule has 1 atom stereocenters. The first-order chi connectivity index (χ1) is 7.45. The maximum Gasteiger partial charge on any atom is 0.227 e. The topological polar surface area (TPSA) is 49.3 Å². The van der Waals surface area contributed by atoms with Crippen LogP contribution in [0.4, 0.5) is 5.69 Å². The van der Waals surface area contributed by atoms with Gasteiger partial charge >= 0.3 is 0 Å². The minimum atomic E-state index is -0.119. The summed E-state index contributed by atoms with van der Waals surface area (Å²) in [6, 6.07) is 2.73. The van der Waals surface area contributed by atoms with Gasteiger partial charge in [0.2, 0.25) is 5.91 Å². The van der Waals surface area contributed by atoms with Crippen LogP contribution in [0.15, 0.2) is 12.1 Å². The summed E-state index contributed by atoms with van der Waals surface area (Å²) in [6.45, 7) is 3.75. The van der Waals surface area contributed by atoms with E-state index in [1.54, 1.807) is 0 Å². The summed E-state index contributed by atoms with van der Waals surface area (Å²) in [5, 5.41) is 12.4. The molecule has 5 heteroatoms. The Bertz CT molecular complexity index is 407. The van der Waals surface area contributed by atoms with Gasteiger partial charge in [-0.05, 0) is 12.5 Å². The quantitative estimate of drug-likeness (QED) is 0.816. The standard InChI is InChI=1S/C11H13Cl2NO2/c1-3-6(2)11(16)14-9-4-8(13)10(15)5-7(9)12/h4-6,15H,3H2,1-2H3,(H,14,16). The molecule has 16 heavy (non-hydrogen) atoms. The summed E-state index contributed by atoms with van der Waals surface area (Å²) >= 11 is 11.6. The third-order valence-corrected chi connectivity index (χ3v) is 2.97. The van der Waals surface area contributed by atoms with E-state index in [0.717, 1.165) is 6.42 Å². The van der Waals surface area contributed by atoms with Gasteiger partial charge in [0.15, 0.2) is 0 Å². The predicted octanol–water partition coefficient (Wildman–Crippen LogP) is 3.68. The number of halogens is 2. The molecule has 0 bridgehead atoms. The minimum absolute atomic E-state index is 0.0938.